The smallest absolute Gasteiger partial charge is 0.220 e. The van der Waals surface area contributed by atoms with E-state index in [1.54, 1.807) is 6.26 Å². The number of amides is 1. The molecule has 0 saturated heterocycles. The predicted octanol–water partition coefficient (Wildman–Crippen LogP) is 3.28. The molecule has 1 unspecified atom stereocenters. The van der Waals surface area contributed by atoms with Crippen LogP contribution in [0.25, 0.3) is 0 Å². The van der Waals surface area contributed by atoms with E-state index in [9.17, 15) is 4.79 Å². The Balaban J connectivity index is 1.89. The quantitative estimate of drug-likeness (QED) is 0.851. The lowest BCUT2D eigenvalue weighted by atomic mass is 10.1. The van der Waals surface area contributed by atoms with Crippen LogP contribution in [0.1, 0.15) is 23.8 Å². The summed E-state index contributed by atoms with van der Waals surface area (Å²) in [7, 11) is 3.95. The van der Waals surface area contributed by atoms with Gasteiger partial charge >= 0.3 is 0 Å². The number of carbonyl (C=O) groups is 1. The molecule has 1 N–H and O–H groups in total. The molecule has 1 heterocycles. The van der Waals surface area contributed by atoms with Crippen LogP contribution >= 0.6 is 11.6 Å². The molecular weight excluding hydrogens is 300 g/mol. The number of nitrogens with zero attached hydrogens (tertiary/aromatic N) is 1. The summed E-state index contributed by atoms with van der Waals surface area (Å²) in [5.41, 5.74) is 1.01. The summed E-state index contributed by atoms with van der Waals surface area (Å²) in [5, 5.41) is 3.69. The van der Waals surface area contributed by atoms with Crippen LogP contribution in [0.15, 0.2) is 47.1 Å². The fourth-order valence-electron chi connectivity index (χ4n) is 2.31. The van der Waals surface area contributed by atoms with Gasteiger partial charge in [0.1, 0.15) is 5.76 Å². The molecule has 0 saturated carbocycles. The molecule has 4 nitrogen and oxygen atoms in total. The van der Waals surface area contributed by atoms with E-state index in [1.807, 2.05) is 55.4 Å². The van der Waals surface area contributed by atoms with Gasteiger partial charge in [-0.2, -0.15) is 0 Å². The van der Waals surface area contributed by atoms with E-state index in [4.69, 9.17) is 16.0 Å². The Hall–Kier alpha value is -1.78. The van der Waals surface area contributed by atoms with Crippen molar-refractivity contribution < 1.29 is 9.21 Å². The van der Waals surface area contributed by atoms with Gasteiger partial charge in [-0.25, -0.2) is 0 Å². The van der Waals surface area contributed by atoms with Crippen molar-refractivity contribution in [2.45, 2.75) is 18.9 Å². The molecule has 0 fully saturated rings. The van der Waals surface area contributed by atoms with Gasteiger partial charge in [-0.05, 0) is 37.9 Å². The van der Waals surface area contributed by atoms with Crippen LogP contribution in [-0.4, -0.2) is 31.4 Å². The molecule has 0 aliphatic heterocycles. The van der Waals surface area contributed by atoms with E-state index in [0.717, 1.165) is 11.3 Å². The first-order chi connectivity index (χ1) is 10.6. The van der Waals surface area contributed by atoms with Gasteiger partial charge in [-0.15, -0.1) is 0 Å². The van der Waals surface area contributed by atoms with E-state index in [-0.39, 0.29) is 11.9 Å². The lowest BCUT2D eigenvalue weighted by molar-refractivity contribution is -0.121. The van der Waals surface area contributed by atoms with Crippen molar-refractivity contribution in [3.8, 4) is 0 Å². The number of hydrogen-bond acceptors (Lipinski definition) is 3. The van der Waals surface area contributed by atoms with E-state index in [2.05, 4.69) is 5.32 Å². The SMILES string of the molecule is CN(C)C(CNC(=O)CCc1ccco1)c1ccccc1Cl. The van der Waals surface area contributed by atoms with Crippen molar-refractivity contribution in [3.05, 3.63) is 59.0 Å². The average molecular weight is 321 g/mol. The Bertz CT molecular complexity index is 596. The lowest BCUT2D eigenvalue weighted by Crippen LogP contribution is -2.34. The second kappa shape index (κ2) is 8.01. The molecule has 0 spiro atoms. The van der Waals surface area contributed by atoms with Crippen molar-refractivity contribution in [1.82, 2.24) is 10.2 Å². The van der Waals surface area contributed by atoms with Crippen molar-refractivity contribution in [1.29, 1.82) is 0 Å². The number of hydrogen-bond donors (Lipinski definition) is 1. The minimum absolute atomic E-state index is 0.00954. The van der Waals surface area contributed by atoms with Gasteiger partial charge in [0.15, 0.2) is 0 Å². The molecular formula is C17H21ClN2O2. The van der Waals surface area contributed by atoms with Crippen LogP contribution < -0.4 is 5.32 Å². The number of halogens is 1. The van der Waals surface area contributed by atoms with Crippen LogP contribution in [0.3, 0.4) is 0 Å². The van der Waals surface area contributed by atoms with E-state index in [1.165, 1.54) is 0 Å². The van der Waals surface area contributed by atoms with Crippen molar-refractivity contribution in [2.24, 2.45) is 0 Å². The molecule has 2 aromatic rings. The van der Waals surface area contributed by atoms with E-state index < -0.39 is 0 Å². The zero-order valence-corrected chi connectivity index (χ0v) is 13.6. The topological polar surface area (TPSA) is 45.5 Å². The zero-order chi connectivity index (χ0) is 15.9. The van der Waals surface area contributed by atoms with Crippen molar-refractivity contribution >= 4 is 17.5 Å². The van der Waals surface area contributed by atoms with Gasteiger partial charge in [0.2, 0.25) is 5.91 Å². The zero-order valence-electron chi connectivity index (χ0n) is 12.9. The highest BCUT2D eigenvalue weighted by atomic mass is 35.5. The third-order valence-electron chi connectivity index (χ3n) is 3.56. The average Bonchev–Trinajstić information content (AvgIpc) is 3.00. The number of benzene rings is 1. The highest BCUT2D eigenvalue weighted by Crippen LogP contribution is 2.25. The van der Waals surface area contributed by atoms with Crippen molar-refractivity contribution in [2.75, 3.05) is 20.6 Å². The lowest BCUT2D eigenvalue weighted by Gasteiger charge is -2.26. The number of aryl methyl sites for hydroxylation is 1. The Morgan fingerprint density at radius 2 is 2.05 bits per heavy atom. The van der Waals surface area contributed by atoms with Crippen LogP contribution in [0.2, 0.25) is 5.02 Å². The number of nitrogens with one attached hydrogen (secondary N) is 1. The second-order valence-electron chi connectivity index (χ2n) is 5.38. The Kier molecular flexibility index (Phi) is 6.04. The summed E-state index contributed by atoms with van der Waals surface area (Å²) in [5.74, 6) is 0.834. The first-order valence-corrected chi connectivity index (χ1v) is 7.65. The molecule has 0 radical (unpaired) electrons. The Labute approximate surface area is 136 Å². The van der Waals surface area contributed by atoms with E-state index in [0.29, 0.717) is 24.4 Å². The molecule has 22 heavy (non-hydrogen) atoms. The van der Waals surface area contributed by atoms with Gasteiger partial charge in [-0.3, -0.25) is 4.79 Å². The Morgan fingerprint density at radius 1 is 1.27 bits per heavy atom. The summed E-state index contributed by atoms with van der Waals surface area (Å²) < 4.78 is 5.23. The molecule has 2 rings (SSSR count). The predicted molar refractivity (Wildman–Crippen MR) is 87.9 cm³/mol. The highest BCUT2D eigenvalue weighted by molar-refractivity contribution is 6.31. The van der Waals surface area contributed by atoms with Crippen LogP contribution in [-0.2, 0) is 11.2 Å². The van der Waals surface area contributed by atoms with Crippen molar-refractivity contribution in [3.63, 3.8) is 0 Å². The molecule has 0 aliphatic carbocycles. The maximum absolute atomic E-state index is 12.0. The summed E-state index contributed by atoms with van der Waals surface area (Å²) in [4.78, 5) is 14.0. The Morgan fingerprint density at radius 3 is 2.68 bits per heavy atom. The molecule has 0 aliphatic rings. The minimum atomic E-state index is 0.00954. The molecule has 0 bridgehead atoms. The largest absolute Gasteiger partial charge is 0.469 e. The maximum Gasteiger partial charge on any atom is 0.220 e. The number of rotatable bonds is 7. The highest BCUT2D eigenvalue weighted by Gasteiger charge is 2.17. The van der Waals surface area contributed by atoms with Gasteiger partial charge < -0.3 is 14.6 Å². The third-order valence-corrected chi connectivity index (χ3v) is 3.90. The first-order valence-electron chi connectivity index (χ1n) is 7.28. The molecule has 1 aromatic heterocycles. The fourth-order valence-corrected chi connectivity index (χ4v) is 2.57. The monoisotopic (exact) mass is 320 g/mol. The van der Waals surface area contributed by atoms with Crippen LogP contribution in [0.5, 0.6) is 0 Å². The standard InChI is InChI=1S/C17H21ClN2O2/c1-20(2)16(14-7-3-4-8-15(14)18)12-19-17(21)10-9-13-6-5-11-22-13/h3-8,11,16H,9-10,12H2,1-2H3,(H,19,21). The first kappa shape index (κ1) is 16.6. The molecule has 1 amide bonds. The maximum atomic E-state index is 12.0. The van der Waals surface area contributed by atoms with Gasteiger partial charge in [-0.1, -0.05) is 29.8 Å². The molecule has 1 aromatic carbocycles. The summed E-state index contributed by atoms with van der Waals surface area (Å²) in [6.45, 7) is 0.522. The summed E-state index contributed by atoms with van der Waals surface area (Å²) in [6.07, 6.45) is 2.64. The summed E-state index contributed by atoms with van der Waals surface area (Å²) in [6, 6.07) is 11.5. The molecule has 118 valence electrons. The summed E-state index contributed by atoms with van der Waals surface area (Å²) >= 11 is 6.26. The third kappa shape index (κ3) is 4.61. The van der Waals surface area contributed by atoms with Gasteiger partial charge in [0.05, 0.1) is 12.3 Å². The van der Waals surface area contributed by atoms with Gasteiger partial charge in [0.25, 0.3) is 0 Å². The van der Waals surface area contributed by atoms with Crippen LogP contribution in [0, 0.1) is 0 Å². The van der Waals surface area contributed by atoms with Crippen LogP contribution in [0.4, 0.5) is 0 Å². The number of carbonyl (C=O) groups excluding carboxylic acids is 1. The number of likely N-dealkylation sites (N-methyl/N-ethyl adjacent to an activating group) is 1. The normalized spacial score (nSPS) is 12.4. The van der Waals surface area contributed by atoms with E-state index >= 15 is 0 Å². The fraction of sp³-hybridized carbons (Fsp3) is 0.353. The minimum Gasteiger partial charge on any atom is -0.469 e. The van der Waals surface area contributed by atoms with Gasteiger partial charge in [0, 0.05) is 24.4 Å². The second-order valence-corrected chi connectivity index (χ2v) is 5.79. The number of furan rings is 1. The molecule has 5 heteroatoms. The molecule has 1 atom stereocenters.